The summed E-state index contributed by atoms with van der Waals surface area (Å²) in [6.45, 7) is 1.43. The number of amides is 1. The van der Waals surface area contributed by atoms with Crippen LogP contribution in [0.5, 0.6) is 0 Å². The first kappa shape index (κ1) is 11.3. The summed E-state index contributed by atoms with van der Waals surface area (Å²) >= 11 is 0. The number of rotatable bonds is 1. The molecular formula is C12H14FN3O2. The molecule has 1 aromatic heterocycles. The summed E-state index contributed by atoms with van der Waals surface area (Å²) in [4.78, 5) is 18.5. The van der Waals surface area contributed by atoms with Gasteiger partial charge < -0.3 is 10.0 Å². The molecule has 1 aromatic rings. The van der Waals surface area contributed by atoms with Crippen LogP contribution < -0.4 is 4.90 Å². The van der Waals surface area contributed by atoms with Crippen LogP contribution in [-0.2, 0) is 0 Å². The van der Waals surface area contributed by atoms with Crippen LogP contribution in [0.2, 0.25) is 0 Å². The van der Waals surface area contributed by atoms with Crippen LogP contribution >= 0.6 is 0 Å². The lowest BCUT2D eigenvalue weighted by Gasteiger charge is -2.41. The van der Waals surface area contributed by atoms with Gasteiger partial charge in [0.15, 0.2) is 11.6 Å². The van der Waals surface area contributed by atoms with E-state index in [1.807, 2.05) is 4.90 Å². The van der Waals surface area contributed by atoms with E-state index in [2.05, 4.69) is 4.98 Å². The number of pyridine rings is 1. The van der Waals surface area contributed by atoms with Crippen LogP contribution in [0.1, 0.15) is 12.8 Å². The second-order valence-electron chi connectivity index (χ2n) is 4.89. The van der Waals surface area contributed by atoms with Gasteiger partial charge in [-0.3, -0.25) is 4.90 Å². The van der Waals surface area contributed by atoms with Crippen molar-refractivity contribution in [2.24, 2.45) is 0 Å². The number of aromatic nitrogens is 1. The Labute approximate surface area is 104 Å². The largest absolute Gasteiger partial charge is 0.465 e. The molecule has 18 heavy (non-hydrogen) atoms. The molecule has 1 aliphatic carbocycles. The Hall–Kier alpha value is -1.85. The minimum atomic E-state index is -0.881. The number of hydrogen-bond acceptors (Lipinski definition) is 3. The highest BCUT2D eigenvalue weighted by Crippen LogP contribution is 2.45. The lowest BCUT2D eigenvalue weighted by Crippen LogP contribution is -2.57. The first-order valence-electron chi connectivity index (χ1n) is 5.98. The summed E-state index contributed by atoms with van der Waals surface area (Å²) < 4.78 is 13.7. The van der Waals surface area contributed by atoms with E-state index in [1.54, 1.807) is 12.3 Å². The molecule has 1 aliphatic heterocycles. The maximum Gasteiger partial charge on any atom is 0.407 e. The highest BCUT2D eigenvalue weighted by molar-refractivity contribution is 5.68. The predicted octanol–water partition coefficient (Wildman–Crippen LogP) is 1.55. The lowest BCUT2D eigenvalue weighted by molar-refractivity contribution is 0.110. The third kappa shape index (κ3) is 1.68. The molecule has 1 N–H and O–H groups in total. The molecule has 6 heteroatoms. The van der Waals surface area contributed by atoms with Gasteiger partial charge in [0.25, 0.3) is 0 Å². The summed E-state index contributed by atoms with van der Waals surface area (Å²) in [5, 5.41) is 9.14. The number of carboxylic acid groups (broad SMARTS) is 1. The zero-order valence-corrected chi connectivity index (χ0v) is 9.84. The van der Waals surface area contributed by atoms with Gasteiger partial charge in [0.2, 0.25) is 0 Å². The molecule has 1 saturated carbocycles. The molecule has 3 rings (SSSR count). The van der Waals surface area contributed by atoms with Crippen molar-refractivity contribution in [2.45, 2.75) is 18.4 Å². The van der Waals surface area contributed by atoms with Crippen molar-refractivity contribution >= 4 is 11.9 Å². The molecule has 2 fully saturated rings. The second kappa shape index (κ2) is 3.83. The highest BCUT2D eigenvalue weighted by Gasteiger charge is 2.53. The molecule has 2 aliphatic rings. The summed E-state index contributed by atoms with van der Waals surface area (Å²) in [6, 6.07) is 2.94. The van der Waals surface area contributed by atoms with Gasteiger partial charge >= 0.3 is 6.09 Å². The Morgan fingerprint density at radius 2 is 2.22 bits per heavy atom. The molecule has 0 unspecified atom stereocenters. The highest BCUT2D eigenvalue weighted by atomic mass is 19.1. The Bertz CT molecular complexity index is 490. The second-order valence-corrected chi connectivity index (χ2v) is 4.89. The van der Waals surface area contributed by atoms with Crippen LogP contribution in [-0.4, -0.2) is 46.3 Å². The zero-order chi connectivity index (χ0) is 12.8. The van der Waals surface area contributed by atoms with Gasteiger partial charge in [-0.15, -0.1) is 0 Å². The summed E-state index contributed by atoms with van der Waals surface area (Å²) in [7, 11) is 0. The molecule has 2 heterocycles. The van der Waals surface area contributed by atoms with Crippen LogP contribution in [0, 0.1) is 5.82 Å². The van der Waals surface area contributed by atoms with Crippen molar-refractivity contribution in [3.8, 4) is 0 Å². The summed E-state index contributed by atoms with van der Waals surface area (Å²) in [6.07, 6.45) is 2.38. The number of nitrogens with zero attached hydrogens (tertiary/aromatic N) is 3. The number of halogens is 1. The number of hydrogen-bond donors (Lipinski definition) is 1. The van der Waals surface area contributed by atoms with E-state index in [1.165, 1.54) is 11.0 Å². The van der Waals surface area contributed by atoms with Gasteiger partial charge in [-0.2, -0.15) is 0 Å². The van der Waals surface area contributed by atoms with Crippen LogP contribution in [0.3, 0.4) is 0 Å². The smallest absolute Gasteiger partial charge is 0.407 e. The Balaban J connectivity index is 1.83. The maximum absolute atomic E-state index is 13.7. The number of anilines is 1. The Kier molecular flexibility index (Phi) is 2.39. The van der Waals surface area contributed by atoms with Crippen molar-refractivity contribution in [2.75, 3.05) is 24.5 Å². The van der Waals surface area contributed by atoms with E-state index in [9.17, 15) is 9.18 Å². The van der Waals surface area contributed by atoms with Crippen LogP contribution in [0.25, 0.3) is 0 Å². The minimum Gasteiger partial charge on any atom is -0.465 e. The zero-order valence-electron chi connectivity index (χ0n) is 9.84. The van der Waals surface area contributed by atoms with E-state index in [0.717, 1.165) is 12.8 Å². The van der Waals surface area contributed by atoms with Crippen LogP contribution in [0.4, 0.5) is 15.0 Å². The Morgan fingerprint density at radius 3 is 2.83 bits per heavy atom. The van der Waals surface area contributed by atoms with Gasteiger partial charge in [0.1, 0.15) is 0 Å². The number of carbonyl (C=O) groups is 1. The van der Waals surface area contributed by atoms with E-state index in [-0.39, 0.29) is 11.4 Å². The molecule has 1 saturated heterocycles. The SMILES string of the molecule is O=C(O)N1CCN(c2ncccc2F)CC12CC2. The monoisotopic (exact) mass is 251 g/mol. The summed E-state index contributed by atoms with van der Waals surface area (Å²) in [5.41, 5.74) is -0.311. The first-order valence-corrected chi connectivity index (χ1v) is 5.98. The predicted molar refractivity (Wildman–Crippen MR) is 63.1 cm³/mol. The molecule has 1 spiro atoms. The topological polar surface area (TPSA) is 56.7 Å². The third-order valence-corrected chi connectivity index (χ3v) is 3.75. The molecule has 1 amide bonds. The van der Waals surface area contributed by atoms with Gasteiger partial charge in [-0.05, 0) is 25.0 Å². The van der Waals surface area contributed by atoms with Crippen molar-refractivity contribution in [3.63, 3.8) is 0 Å². The van der Waals surface area contributed by atoms with Crippen LogP contribution in [0.15, 0.2) is 18.3 Å². The third-order valence-electron chi connectivity index (χ3n) is 3.75. The van der Waals surface area contributed by atoms with Gasteiger partial charge in [-0.25, -0.2) is 14.2 Å². The van der Waals surface area contributed by atoms with Crippen molar-refractivity contribution in [1.29, 1.82) is 0 Å². The fraction of sp³-hybridized carbons (Fsp3) is 0.500. The normalized spacial score (nSPS) is 21.2. The molecule has 0 radical (unpaired) electrons. The molecule has 0 atom stereocenters. The molecule has 0 aromatic carbocycles. The van der Waals surface area contributed by atoms with Gasteiger partial charge in [0, 0.05) is 25.8 Å². The average Bonchev–Trinajstić information content (AvgIpc) is 3.09. The number of piperazine rings is 1. The summed E-state index contributed by atoms with van der Waals surface area (Å²) in [5.74, 6) is -0.0223. The molecule has 96 valence electrons. The van der Waals surface area contributed by atoms with E-state index in [0.29, 0.717) is 25.5 Å². The van der Waals surface area contributed by atoms with E-state index in [4.69, 9.17) is 5.11 Å². The Morgan fingerprint density at radius 1 is 1.44 bits per heavy atom. The van der Waals surface area contributed by atoms with Crippen molar-refractivity contribution < 1.29 is 14.3 Å². The molecular weight excluding hydrogens is 237 g/mol. The fourth-order valence-corrected chi connectivity index (χ4v) is 2.64. The van der Waals surface area contributed by atoms with Gasteiger partial charge in [-0.1, -0.05) is 0 Å². The van der Waals surface area contributed by atoms with E-state index < -0.39 is 6.09 Å². The minimum absolute atomic E-state index is 0.311. The average molecular weight is 251 g/mol. The van der Waals surface area contributed by atoms with E-state index >= 15 is 0 Å². The van der Waals surface area contributed by atoms with Crippen molar-refractivity contribution in [1.82, 2.24) is 9.88 Å². The lowest BCUT2D eigenvalue weighted by atomic mass is 10.1. The quantitative estimate of drug-likeness (QED) is 0.822. The standard InChI is InChI=1S/C12H14FN3O2/c13-9-2-1-5-14-10(9)15-6-7-16(11(17)18)12(8-15)3-4-12/h1-2,5H,3-4,6-8H2,(H,17,18). The van der Waals surface area contributed by atoms with Gasteiger partial charge in [0.05, 0.1) is 5.54 Å². The molecule has 0 bridgehead atoms. The molecule has 5 nitrogen and oxygen atoms in total. The van der Waals surface area contributed by atoms with Crippen molar-refractivity contribution in [3.05, 3.63) is 24.1 Å². The fourth-order valence-electron chi connectivity index (χ4n) is 2.64. The first-order chi connectivity index (χ1) is 8.62. The maximum atomic E-state index is 13.7.